The first-order chi connectivity index (χ1) is 11.7. The molecule has 0 aliphatic heterocycles. The zero-order valence-corrected chi connectivity index (χ0v) is 14.7. The Kier molecular flexibility index (Phi) is 5.87. The summed E-state index contributed by atoms with van der Waals surface area (Å²) < 4.78 is 5.36. The van der Waals surface area contributed by atoms with Gasteiger partial charge in [0.2, 0.25) is 5.89 Å². The number of hydrogen-bond acceptors (Lipinski definition) is 5. The van der Waals surface area contributed by atoms with Gasteiger partial charge in [-0.3, -0.25) is 0 Å². The predicted molar refractivity (Wildman–Crippen MR) is 93.1 cm³/mol. The molecule has 1 aliphatic carbocycles. The summed E-state index contributed by atoms with van der Waals surface area (Å²) in [5.41, 5.74) is 0.776. The average Bonchev–Trinajstić information content (AvgIpc) is 3.10. The average molecular weight is 350 g/mol. The Bertz CT molecular complexity index is 653. The zero-order chi connectivity index (χ0) is 16.9. The second-order valence-electron chi connectivity index (χ2n) is 6.40. The lowest BCUT2D eigenvalue weighted by atomic mass is 9.86. The van der Waals surface area contributed by atoms with Crippen LogP contribution in [0, 0.1) is 0 Å². The molecule has 1 saturated carbocycles. The van der Waals surface area contributed by atoms with Gasteiger partial charge in [-0.15, -0.1) is 0 Å². The van der Waals surface area contributed by atoms with Crippen molar-refractivity contribution in [2.45, 2.75) is 57.1 Å². The van der Waals surface area contributed by atoms with Crippen molar-refractivity contribution in [1.82, 2.24) is 15.5 Å². The van der Waals surface area contributed by atoms with Gasteiger partial charge in [0.15, 0.2) is 5.82 Å². The molecule has 1 unspecified atom stereocenters. The highest BCUT2D eigenvalue weighted by atomic mass is 35.5. The Morgan fingerprint density at radius 2 is 2.04 bits per heavy atom. The summed E-state index contributed by atoms with van der Waals surface area (Å²) in [6, 6.07) is 7.85. The van der Waals surface area contributed by atoms with Crippen molar-refractivity contribution < 1.29 is 9.63 Å². The normalized spacial score (nSPS) is 22.5. The molecule has 2 N–H and O–H groups in total. The molecule has 130 valence electrons. The van der Waals surface area contributed by atoms with E-state index in [4.69, 9.17) is 16.1 Å². The van der Waals surface area contributed by atoms with E-state index in [1.165, 1.54) is 0 Å². The molecule has 1 fully saturated rings. The van der Waals surface area contributed by atoms with Crippen LogP contribution in [0.1, 0.15) is 61.9 Å². The molecule has 0 radical (unpaired) electrons. The molecule has 1 aromatic carbocycles. The second-order valence-corrected chi connectivity index (χ2v) is 6.80. The Hall–Kier alpha value is -1.43. The van der Waals surface area contributed by atoms with E-state index in [1.807, 2.05) is 25.1 Å². The third kappa shape index (κ3) is 4.15. The molecular formula is C18H24ClN3O2. The van der Waals surface area contributed by atoms with E-state index in [1.54, 1.807) is 6.07 Å². The highest BCUT2D eigenvalue weighted by Crippen LogP contribution is 2.32. The first kappa shape index (κ1) is 17.4. The lowest BCUT2D eigenvalue weighted by Gasteiger charge is -2.28. The Labute approximate surface area is 147 Å². The van der Waals surface area contributed by atoms with E-state index in [0.717, 1.165) is 49.4 Å². The maximum Gasteiger partial charge on any atom is 0.229 e. The molecule has 3 rings (SSSR count). The van der Waals surface area contributed by atoms with Crippen LogP contribution in [-0.4, -0.2) is 27.8 Å². The minimum atomic E-state index is -0.584. The third-order valence-corrected chi connectivity index (χ3v) is 5.08. The largest absolute Gasteiger partial charge is 0.387 e. The smallest absolute Gasteiger partial charge is 0.229 e. The van der Waals surface area contributed by atoms with Gasteiger partial charge in [-0.2, -0.15) is 4.98 Å². The van der Waals surface area contributed by atoms with Crippen molar-refractivity contribution in [3.8, 4) is 0 Å². The van der Waals surface area contributed by atoms with Crippen LogP contribution in [0.5, 0.6) is 0 Å². The standard InChI is InChI=1S/C18H24ClN3O2/c1-2-17-21-18(24-22-17)12-7-9-13(10-8-12)20-11-16(23)14-5-3-4-6-15(14)19/h3-6,12-13,16,20,23H,2,7-11H2,1H3. The summed E-state index contributed by atoms with van der Waals surface area (Å²) in [6.45, 7) is 2.54. The van der Waals surface area contributed by atoms with E-state index in [9.17, 15) is 5.11 Å². The second kappa shape index (κ2) is 8.10. The lowest BCUT2D eigenvalue weighted by Crippen LogP contribution is -2.35. The van der Waals surface area contributed by atoms with Crippen molar-refractivity contribution in [3.05, 3.63) is 46.6 Å². The van der Waals surface area contributed by atoms with Crippen molar-refractivity contribution in [2.75, 3.05) is 6.54 Å². The fourth-order valence-electron chi connectivity index (χ4n) is 3.25. The summed E-state index contributed by atoms with van der Waals surface area (Å²) >= 11 is 6.13. The number of aryl methyl sites for hydroxylation is 1. The molecule has 0 bridgehead atoms. The molecule has 24 heavy (non-hydrogen) atoms. The minimum absolute atomic E-state index is 0.365. The number of nitrogens with zero attached hydrogens (tertiary/aromatic N) is 2. The summed E-state index contributed by atoms with van der Waals surface area (Å²) in [4.78, 5) is 4.45. The van der Waals surface area contributed by atoms with E-state index < -0.39 is 6.10 Å². The van der Waals surface area contributed by atoms with Crippen LogP contribution >= 0.6 is 11.6 Å². The van der Waals surface area contributed by atoms with Gasteiger partial charge >= 0.3 is 0 Å². The van der Waals surface area contributed by atoms with Crippen LogP contribution in [0.25, 0.3) is 0 Å². The van der Waals surface area contributed by atoms with Gasteiger partial charge in [0.05, 0.1) is 6.10 Å². The number of benzene rings is 1. The van der Waals surface area contributed by atoms with Crippen LogP contribution < -0.4 is 5.32 Å². The van der Waals surface area contributed by atoms with Gasteiger partial charge in [0, 0.05) is 35.5 Å². The van der Waals surface area contributed by atoms with Gasteiger partial charge in [0.1, 0.15) is 0 Å². The van der Waals surface area contributed by atoms with Gasteiger partial charge < -0.3 is 14.9 Å². The van der Waals surface area contributed by atoms with Crippen molar-refractivity contribution in [1.29, 1.82) is 0 Å². The molecule has 1 aromatic heterocycles. The highest BCUT2D eigenvalue weighted by molar-refractivity contribution is 6.31. The monoisotopic (exact) mass is 349 g/mol. The van der Waals surface area contributed by atoms with Crippen molar-refractivity contribution in [2.24, 2.45) is 0 Å². The molecule has 2 aromatic rings. The number of aliphatic hydroxyl groups is 1. The van der Waals surface area contributed by atoms with Crippen LogP contribution in [-0.2, 0) is 6.42 Å². The zero-order valence-electron chi connectivity index (χ0n) is 13.9. The Morgan fingerprint density at radius 1 is 1.29 bits per heavy atom. The molecular weight excluding hydrogens is 326 g/mol. The molecule has 6 heteroatoms. The van der Waals surface area contributed by atoms with Gasteiger partial charge in [-0.05, 0) is 31.7 Å². The van der Waals surface area contributed by atoms with E-state index in [-0.39, 0.29) is 0 Å². The number of halogens is 1. The van der Waals surface area contributed by atoms with Crippen LogP contribution in [0.3, 0.4) is 0 Å². The lowest BCUT2D eigenvalue weighted by molar-refractivity contribution is 0.163. The number of aliphatic hydroxyl groups excluding tert-OH is 1. The summed E-state index contributed by atoms with van der Waals surface area (Å²) in [5.74, 6) is 1.93. The Morgan fingerprint density at radius 3 is 2.71 bits per heavy atom. The highest BCUT2D eigenvalue weighted by Gasteiger charge is 2.26. The Balaban J connectivity index is 1.46. The molecule has 0 amide bonds. The molecule has 5 nitrogen and oxygen atoms in total. The molecule has 0 saturated heterocycles. The molecule has 1 heterocycles. The topological polar surface area (TPSA) is 71.2 Å². The third-order valence-electron chi connectivity index (χ3n) is 4.74. The molecule has 1 aliphatic rings. The van der Waals surface area contributed by atoms with E-state index in [0.29, 0.717) is 23.5 Å². The molecule has 0 spiro atoms. The van der Waals surface area contributed by atoms with Gasteiger partial charge in [-0.1, -0.05) is 41.9 Å². The van der Waals surface area contributed by atoms with E-state index >= 15 is 0 Å². The van der Waals surface area contributed by atoms with Crippen LogP contribution in [0.4, 0.5) is 0 Å². The van der Waals surface area contributed by atoms with Crippen molar-refractivity contribution in [3.63, 3.8) is 0 Å². The van der Waals surface area contributed by atoms with Crippen LogP contribution in [0.15, 0.2) is 28.8 Å². The summed E-state index contributed by atoms with van der Waals surface area (Å²) in [7, 11) is 0. The van der Waals surface area contributed by atoms with E-state index in [2.05, 4.69) is 15.5 Å². The number of aromatic nitrogens is 2. The quantitative estimate of drug-likeness (QED) is 0.833. The maximum absolute atomic E-state index is 10.3. The van der Waals surface area contributed by atoms with Crippen molar-refractivity contribution >= 4 is 11.6 Å². The van der Waals surface area contributed by atoms with Gasteiger partial charge in [-0.25, -0.2) is 0 Å². The summed E-state index contributed by atoms with van der Waals surface area (Å²) in [5, 5.41) is 18.4. The predicted octanol–water partition coefficient (Wildman–Crippen LogP) is 3.63. The molecule has 1 atom stereocenters. The first-order valence-electron chi connectivity index (χ1n) is 8.65. The van der Waals surface area contributed by atoms with Gasteiger partial charge in [0.25, 0.3) is 0 Å². The maximum atomic E-state index is 10.3. The summed E-state index contributed by atoms with van der Waals surface area (Å²) in [6.07, 6.45) is 4.38. The number of rotatable bonds is 6. The fourth-order valence-corrected chi connectivity index (χ4v) is 3.52. The fraction of sp³-hybridized carbons (Fsp3) is 0.556. The number of nitrogens with one attached hydrogen (secondary N) is 1. The minimum Gasteiger partial charge on any atom is -0.387 e. The number of hydrogen-bond donors (Lipinski definition) is 2. The first-order valence-corrected chi connectivity index (χ1v) is 9.03. The van der Waals surface area contributed by atoms with Crippen LogP contribution in [0.2, 0.25) is 5.02 Å². The SMILES string of the molecule is CCc1noc(C2CCC(NCC(O)c3ccccc3Cl)CC2)n1.